The van der Waals surface area contributed by atoms with E-state index in [1.54, 1.807) is 0 Å². The van der Waals surface area contributed by atoms with E-state index in [1.807, 2.05) is 0 Å². The lowest BCUT2D eigenvalue weighted by atomic mass is 9.99. The Labute approximate surface area is 387 Å². The molecule has 0 aliphatic heterocycles. The fourth-order valence-corrected chi connectivity index (χ4v) is 8.44. The highest BCUT2D eigenvalue weighted by molar-refractivity contribution is 5.71. The summed E-state index contributed by atoms with van der Waals surface area (Å²) in [4.78, 5) is 37.9. The second-order valence-electron chi connectivity index (χ2n) is 20.4. The van der Waals surface area contributed by atoms with Crippen molar-refractivity contribution in [1.82, 2.24) is 0 Å². The number of hydrogen-bond donors (Lipinski definition) is 0. The van der Waals surface area contributed by atoms with E-state index in [0.29, 0.717) is 19.3 Å². The van der Waals surface area contributed by atoms with E-state index >= 15 is 0 Å². The molecule has 6 heteroatoms. The maximum atomic E-state index is 12.8. The summed E-state index contributed by atoms with van der Waals surface area (Å²) in [5, 5.41) is 0. The van der Waals surface area contributed by atoms with Crippen molar-refractivity contribution in [2.24, 2.45) is 17.8 Å². The molecule has 1 unspecified atom stereocenters. The first kappa shape index (κ1) is 60.4. The number of rotatable bonds is 49. The van der Waals surface area contributed by atoms with Gasteiger partial charge in [-0.1, -0.05) is 266 Å². The Bertz CT molecular complexity index is 962. The highest BCUT2D eigenvalue weighted by Crippen LogP contribution is 2.18. The van der Waals surface area contributed by atoms with Crippen molar-refractivity contribution in [3.8, 4) is 0 Å². The van der Waals surface area contributed by atoms with Gasteiger partial charge in [-0.3, -0.25) is 14.4 Å². The second-order valence-corrected chi connectivity index (χ2v) is 20.4. The maximum Gasteiger partial charge on any atom is 0.306 e. The molecule has 0 aromatic heterocycles. The van der Waals surface area contributed by atoms with Crippen LogP contribution in [0.15, 0.2) is 0 Å². The van der Waals surface area contributed by atoms with Gasteiger partial charge in [-0.15, -0.1) is 0 Å². The highest BCUT2D eigenvalue weighted by Gasteiger charge is 2.19. The van der Waals surface area contributed by atoms with Gasteiger partial charge in [-0.25, -0.2) is 0 Å². The molecule has 0 spiro atoms. The summed E-state index contributed by atoms with van der Waals surface area (Å²) >= 11 is 0. The van der Waals surface area contributed by atoms with E-state index in [1.165, 1.54) is 186 Å². The van der Waals surface area contributed by atoms with Crippen LogP contribution in [-0.4, -0.2) is 37.2 Å². The third-order valence-corrected chi connectivity index (χ3v) is 13.0. The van der Waals surface area contributed by atoms with E-state index in [4.69, 9.17) is 14.2 Å². The Morgan fingerprint density at radius 3 is 0.839 bits per heavy atom. The molecular formula is C56H108O6. The normalized spacial score (nSPS) is 12.6. The average Bonchev–Trinajstić information content (AvgIpc) is 3.24. The minimum Gasteiger partial charge on any atom is -0.462 e. The quantitative estimate of drug-likeness (QED) is 0.0344. The molecule has 0 aliphatic carbocycles. The van der Waals surface area contributed by atoms with Gasteiger partial charge in [0, 0.05) is 19.3 Å². The van der Waals surface area contributed by atoms with Crippen molar-refractivity contribution in [2.75, 3.05) is 13.2 Å². The van der Waals surface area contributed by atoms with Gasteiger partial charge in [0.05, 0.1) is 0 Å². The molecule has 0 amide bonds. The Morgan fingerprint density at radius 2 is 0.565 bits per heavy atom. The summed E-state index contributed by atoms with van der Waals surface area (Å²) in [7, 11) is 0. The smallest absolute Gasteiger partial charge is 0.306 e. The molecule has 0 saturated carbocycles. The second kappa shape index (κ2) is 47.4. The van der Waals surface area contributed by atoms with Crippen molar-refractivity contribution in [2.45, 2.75) is 311 Å². The first-order chi connectivity index (χ1) is 30.1. The van der Waals surface area contributed by atoms with E-state index in [-0.39, 0.29) is 31.1 Å². The van der Waals surface area contributed by atoms with Crippen molar-refractivity contribution in [3.63, 3.8) is 0 Å². The van der Waals surface area contributed by atoms with Crippen LogP contribution in [0.2, 0.25) is 0 Å². The zero-order chi connectivity index (χ0) is 45.6. The molecule has 2 atom stereocenters. The van der Waals surface area contributed by atoms with E-state index < -0.39 is 6.10 Å². The fourth-order valence-electron chi connectivity index (χ4n) is 8.44. The summed E-state index contributed by atoms with van der Waals surface area (Å²) in [5.41, 5.74) is 0. The fraction of sp³-hybridized carbons (Fsp3) is 0.946. The minimum atomic E-state index is -0.763. The summed E-state index contributed by atoms with van der Waals surface area (Å²) in [6.45, 7) is 13.7. The van der Waals surface area contributed by atoms with E-state index in [9.17, 15) is 14.4 Å². The molecule has 0 aliphatic rings. The first-order valence-corrected chi connectivity index (χ1v) is 27.6. The maximum absolute atomic E-state index is 12.8. The van der Waals surface area contributed by atoms with Crippen LogP contribution in [0.4, 0.5) is 0 Å². The van der Waals surface area contributed by atoms with Crippen LogP contribution in [0.25, 0.3) is 0 Å². The zero-order valence-corrected chi connectivity index (χ0v) is 42.7. The SMILES string of the molecule is CCC(C)CCCCCCCCCCCCCCCCCCCCC(=O)OC[C@@H](COC(=O)CCCCCCCCCCCC(C)C)OC(=O)CCCCCCCCCC(C)C. The summed E-state index contributed by atoms with van der Waals surface area (Å²) in [5.74, 6) is 1.64. The molecule has 0 rings (SSSR count). The first-order valence-electron chi connectivity index (χ1n) is 27.6. The van der Waals surface area contributed by atoms with Crippen LogP contribution >= 0.6 is 0 Å². The van der Waals surface area contributed by atoms with Gasteiger partial charge in [0.2, 0.25) is 0 Å². The lowest BCUT2D eigenvalue weighted by molar-refractivity contribution is -0.167. The molecule has 0 N–H and O–H groups in total. The van der Waals surface area contributed by atoms with Gasteiger partial charge < -0.3 is 14.2 Å². The van der Waals surface area contributed by atoms with Crippen LogP contribution in [-0.2, 0) is 28.6 Å². The minimum absolute atomic E-state index is 0.0650. The third kappa shape index (κ3) is 47.9. The lowest BCUT2D eigenvalue weighted by Crippen LogP contribution is -2.30. The molecule has 62 heavy (non-hydrogen) atoms. The molecule has 0 bridgehead atoms. The van der Waals surface area contributed by atoms with Crippen molar-refractivity contribution < 1.29 is 28.6 Å². The van der Waals surface area contributed by atoms with Crippen LogP contribution in [0.3, 0.4) is 0 Å². The predicted octanol–water partition coefficient (Wildman–Crippen LogP) is 17.9. The lowest BCUT2D eigenvalue weighted by Gasteiger charge is -2.18. The predicted molar refractivity (Wildman–Crippen MR) is 266 cm³/mol. The Morgan fingerprint density at radius 1 is 0.323 bits per heavy atom. The number of unbranched alkanes of at least 4 members (excludes halogenated alkanes) is 31. The monoisotopic (exact) mass is 877 g/mol. The molecule has 0 aromatic carbocycles. The van der Waals surface area contributed by atoms with Gasteiger partial charge in [-0.2, -0.15) is 0 Å². The Kier molecular flexibility index (Phi) is 46.2. The van der Waals surface area contributed by atoms with Crippen LogP contribution in [0.5, 0.6) is 0 Å². The number of hydrogen-bond acceptors (Lipinski definition) is 6. The van der Waals surface area contributed by atoms with Gasteiger partial charge in [-0.05, 0) is 37.0 Å². The average molecular weight is 877 g/mol. The Hall–Kier alpha value is -1.59. The van der Waals surface area contributed by atoms with Crippen LogP contribution in [0.1, 0.15) is 305 Å². The van der Waals surface area contributed by atoms with Gasteiger partial charge >= 0.3 is 17.9 Å². The Balaban J connectivity index is 4.17. The summed E-state index contributed by atoms with van der Waals surface area (Å²) in [6.07, 6.45) is 48.2. The highest BCUT2D eigenvalue weighted by atomic mass is 16.6. The van der Waals surface area contributed by atoms with Crippen LogP contribution in [0, 0.1) is 17.8 Å². The van der Waals surface area contributed by atoms with Crippen molar-refractivity contribution in [3.05, 3.63) is 0 Å². The number of carbonyl (C=O) groups excluding carboxylic acids is 3. The zero-order valence-electron chi connectivity index (χ0n) is 42.7. The molecular weight excluding hydrogens is 769 g/mol. The van der Waals surface area contributed by atoms with Crippen molar-refractivity contribution >= 4 is 17.9 Å². The van der Waals surface area contributed by atoms with Gasteiger partial charge in [0.25, 0.3) is 0 Å². The van der Waals surface area contributed by atoms with Crippen LogP contribution < -0.4 is 0 Å². The molecule has 0 radical (unpaired) electrons. The largest absolute Gasteiger partial charge is 0.462 e. The molecule has 0 aromatic rings. The molecule has 0 heterocycles. The molecule has 6 nitrogen and oxygen atoms in total. The molecule has 0 fully saturated rings. The topological polar surface area (TPSA) is 78.9 Å². The standard InChI is InChI=1S/C56H108O6/c1-7-52(6)44-38-32-26-20-16-14-12-10-8-9-11-13-15-17-21-27-33-39-45-54(57)60-48-53(62-56(59)47-41-35-29-23-25-31-37-43-51(4)5)49-61-55(58)46-40-34-28-22-18-19-24-30-36-42-50(2)3/h50-53H,7-49H2,1-6H3/t52?,53-/m0/s1. The summed E-state index contributed by atoms with van der Waals surface area (Å²) < 4.78 is 16.8. The molecule has 0 saturated heterocycles. The van der Waals surface area contributed by atoms with E-state index in [0.717, 1.165) is 75.5 Å². The van der Waals surface area contributed by atoms with Crippen molar-refractivity contribution in [1.29, 1.82) is 0 Å². The van der Waals surface area contributed by atoms with Gasteiger partial charge in [0.15, 0.2) is 6.10 Å². The van der Waals surface area contributed by atoms with Gasteiger partial charge in [0.1, 0.15) is 13.2 Å². The number of ether oxygens (including phenoxy) is 3. The number of carbonyl (C=O) groups is 3. The van der Waals surface area contributed by atoms with E-state index in [2.05, 4.69) is 41.5 Å². The summed E-state index contributed by atoms with van der Waals surface area (Å²) in [6, 6.07) is 0. The third-order valence-electron chi connectivity index (χ3n) is 13.0. The molecule has 368 valence electrons. The number of esters is 3.